The molecule has 29 heavy (non-hydrogen) atoms. The topological polar surface area (TPSA) is 127 Å². The number of nitrogens with one attached hydrogen (secondary N) is 3. The highest BCUT2D eigenvalue weighted by Crippen LogP contribution is 2.27. The summed E-state index contributed by atoms with van der Waals surface area (Å²) in [4.78, 5) is 29.3. The zero-order chi connectivity index (χ0) is 20.6. The second-order valence-electron chi connectivity index (χ2n) is 7.20. The number of imidazole rings is 1. The number of carbonyl (C=O) groups is 2. The van der Waals surface area contributed by atoms with Crippen molar-refractivity contribution in [1.29, 1.82) is 0 Å². The zero-order valence-electron chi connectivity index (χ0n) is 16.9. The lowest BCUT2D eigenvalue weighted by Gasteiger charge is -2.35. The Labute approximate surface area is 169 Å². The van der Waals surface area contributed by atoms with Crippen LogP contribution in [-0.4, -0.2) is 55.5 Å². The van der Waals surface area contributed by atoms with E-state index in [-0.39, 0.29) is 35.6 Å². The van der Waals surface area contributed by atoms with E-state index in [9.17, 15) is 9.59 Å². The number of hydrogen-bond donors (Lipinski definition) is 3. The normalized spacial score (nSPS) is 21.7. The lowest BCUT2D eigenvalue weighted by Crippen LogP contribution is -2.50. The number of carbonyl (C=O) groups excluding carboxylic acids is 2. The van der Waals surface area contributed by atoms with Crippen LogP contribution in [0.1, 0.15) is 55.8 Å². The van der Waals surface area contributed by atoms with Crippen LogP contribution in [0.5, 0.6) is 0 Å². The van der Waals surface area contributed by atoms with Crippen molar-refractivity contribution in [3.8, 4) is 0 Å². The Bertz CT molecular complexity index is 790. The Kier molecular flexibility index (Phi) is 7.34. The van der Waals surface area contributed by atoms with Crippen molar-refractivity contribution < 1.29 is 14.3 Å². The number of amides is 2. The second-order valence-corrected chi connectivity index (χ2v) is 7.20. The minimum atomic E-state index is -0.289. The lowest BCUT2D eigenvalue weighted by molar-refractivity contribution is -0.128. The molecule has 3 N–H and O–H groups in total. The summed E-state index contributed by atoms with van der Waals surface area (Å²) >= 11 is 0. The minimum Gasteiger partial charge on any atom is -0.376 e. The summed E-state index contributed by atoms with van der Waals surface area (Å²) in [7, 11) is 0. The molecule has 0 aromatic carbocycles. The monoisotopic (exact) mass is 403 g/mol. The maximum absolute atomic E-state index is 12.7. The maximum atomic E-state index is 12.7. The molecule has 0 radical (unpaired) electrons. The lowest BCUT2D eigenvalue weighted by atomic mass is 9.83. The van der Waals surface area contributed by atoms with Gasteiger partial charge in [-0.1, -0.05) is 6.92 Å². The number of aromatic amines is 1. The summed E-state index contributed by atoms with van der Waals surface area (Å²) in [6.45, 7) is 5.88. The first kappa shape index (κ1) is 21.0. The molecule has 2 aromatic heterocycles. The van der Waals surface area contributed by atoms with Crippen LogP contribution in [0.2, 0.25) is 0 Å². The van der Waals surface area contributed by atoms with E-state index in [0.29, 0.717) is 32.4 Å². The number of aryl methyl sites for hydroxylation is 1. The Morgan fingerprint density at radius 2 is 2.21 bits per heavy atom. The number of aromatic nitrogens is 5. The van der Waals surface area contributed by atoms with Gasteiger partial charge < -0.3 is 19.9 Å². The molecule has 158 valence electrons. The number of hydrogen-bond acceptors (Lipinski definition) is 6. The van der Waals surface area contributed by atoms with Crippen LogP contribution in [0, 0.1) is 5.92 Å². The zero-order valence-corrected chi connectivity index (χ0v) is 16.9. The number of H-pyrrole nitrogens is 1. The van der Waals surface area contributed by atoms with Gasteiger partial charge in [0.05, 0.1) is 24.9 Å². The molecule has 10 nitrogen and oxygen atoms in total. The van der Waals surface area contributed by atoms with E-state index in [0.717, 1.165) is 18.8 Å². The van der Waals surface area contributed by atoms with Gasteiger partial charge in [0.15, 0.2) is 5.69 Å². The quantitative estimate of drug-likeness (QED) is 0.574. The van der Waals surface area contributed by atoms with E-state index in [4.69, 9.17) is 4.74 Å². The standard InChI is InChI=1S/C19H29N7O3/c1-3-9-29-16-10-13(18(27)21-12-17-20-7-8-26(17)4-2)5-6-14(16)23-19(28)15-11-22-25-24-15/h7-8,11,13-14,16H,3-6,9-10,12H2,1-2H3,(H,21,27)(H,23,28)(H,22,24,25)/t13-,14+,16+/m0/s1. The molecule has 1 aliphatic rings. The summed E-state index contributed by atoms with van der Waals surface area (Å²) < 4.78 is 7.98. The summed E-state index contributed by atoms with van der Waals surface area (Å²) in [6, 6.07) is -0.159. The van der Waals surface area contributed by atoms with Gasteiger partial charge in [-0.25, -0.2) is 4.98 Å². The fraction of sp³-hybridized carbons (Fsp3) is 0.632. The molecule has 0 unspecified atom stereocenters. The van der Waals surface area contributed by atoms with Crippen LogP contribution >= 0.6 is 0 Å². The van der Waals surface area contributed by atoms with Gasteiger partial charge in [-0.3, -0.25) is 9.59 Å². The predicted octanol–water partition coefficient (Wildman–Crippen LogP) is 1.03. The molecular formula is C19H29N7O3. The van der Waals surface area contributed by atoms with Crippen molar-refractivity contribution in [2.75, 3.05) is 6.61 Å². The van der Waals surface area contributed by atoms with Gasteiger partial charge in [-0.05, 0) is 32.6 Å². The molecule has 1 saturated carbocycles. The number of nitrogens with zero attached hydrogens (tertiary/aromatic N) is 4. The van der Waals surface area contributed by atoms with Gasteiger partial charge >= 0.3 is 0 Å². The fourth-order valence-corrected chi connectivity index (χ4v) is 3.64. The fourth-order valence-electron chi connectivity index (χ4n) is 3.64. The highest BCUT2D eigenvalue weighted by Gasteiger charge is 2.35. The van der Waals surface area contributed by atoms with Crippen LogP contribution in [-0.2, 0) is 22.6 Å². The van der Waals surface area contributed by atoms with Gasteiger partial charge in [-0.2, -0.15) is 15.4 Å². The van der Waals surface area contributed by atoms with Gasteiger partial charge in [-0.15, -0.1) is 0 Å². The highest BCUT2D eigenvalue weighted by atomic mass is 16.5. The maximum Gasteiger partial charge on any atom is 0.273 e. The summed E-state index contributed by atoms with van der Waals surface area (Å²) in [5, 5.41) is 15.9. The van der Waals surface area contributed by atoms with Crippen molar-refractivity contribution in [2.24, 2.45) is 5.92 Å². The molecule has 0 saturated heterocycles. The molecule has 0 aliphatic heterocycles. The molecule has 1 aliphatic carbocycles. The molecule has 0 bridgehead atoms. The Balaban J connectivity index is 1.56. The summed E-state index contributed by atoms with van der Waals surface area (Å²) in [5.41, 5.74) is 0.241. The molecule has 2 heterocycles. The molecule has 10 heteroatoms. The van der Waals surface area contributed by atoms with E-state index in [1.54, 1.807) is 6.20 Å². The van der Waals surface area contributed by atoms with Gasteiger partial charge in [0.25, 0.3) is 5.91 Å². The van der Waals surface area contributed by atoms with Crippen molar-refractivity contribution in [2.45, 2.75) is 64.8 Å². The third-order valence-electron chi connectivity index (χ3n) is 5.23. The van der Waals surface area contributed by atoms with Crippen LogP contribution in [0.4, 0.5) is 0 Å². The van der Waals surface area contributed by atoms with E-state index in [1.165, 1.54) is 6.20 Å². The average molecular weight is 403 g/mol. The largest absolute Gasteiger partial charge is 0.376 e. The van der Waals surface area contributed by atoms with Crippen LogP contribution in [0.25, 0.3) is 0 Å². The van der Waals surface area contributed by atoms with E-state index >= 15 is 0 Å². The predicted molar refractivity (Wildman–Crippen MR) is 105 cm³/mol. The van der Waals surface area contributed by atoms with Crippen molar-refractivity contribution in [1.82, 2.24) is 35.6 Å². The third-order valence-corrected chi connectivity index (χ3v) is 5.23. The third kappa shape index (κ3) is 5.41. The summed E-state index contributed by atoms with van der Waals surface area (Å²) in [5.74, 6) is 0.403. The highest BCUT2D eigenvalue weighted by molar-refractivity contribution is 5.92. The molecule has 3 atom stereocenters. The first-order valence-electron chi connectivity index (χ1n) is 10.2. The molecule has 1 fully saturated rings. The second kappa shape index (κ2) is 10.1. The number of rotatable bonds is 9. The van der Waals surface area contributed by atoms with Crippen LogP contribution < -0.4 is 10.6 Å². The van der Waals surface area contributed by atoms with E-state index in [2.05, 4.69) is 31.0 Å². The van der Waals surface area contributed by atoms with Crippen molar-refractivity contribution in [3.63, 3.8) is 0 Å². The average Bonchev–Trinajstić information content (AvgIpc) is 3.42. The Hall–Kier alpha value is -2.75. The van der Waals surface area contributed by atoms with Crippen molar-refractivity contribution >= 4 is 11.8 Å². The van der Waals surface area contributed by atoms with Gasteiger partial charge in [0.2, 0.25) is 5.91 Å². The van der Waals surface area contributed by atoms with E-state index in [1.807, 2.05) is 24.6 Å². The van der Waals surface area contributed by atoms with E-state index < -0.39 is 0 Å². The SMILES string of the molecule is CCCO[C@@H]1C[C@@H](C(=O)NCc2nccn2CC)CC[C@H]1NC(=O)c1cn[nH]n1. The Morgan fingerprint density at radius 3 is 2.93 bits per heavy atom. The molecule has 2 aromatic rings. The molecular weight excluding hydrogens is 374 g/mol. The first-order chi connectivity index (χ1) is 14.1. The van der Waals surface area contributed by atoms with Crippen LogP contribution in [0.15, 0.2) is 18.6 Å². The molecule has 0 spiro atoms. The summed E-state index contributed by atoms with van der Waals surface area (Å²) in [6.07, 6.45) is 7.60. The first-order valence-corrected chi connectivity index (χ1v) is 10.2. The molecule has 3 rings (SSSR count). The van der Waals surface area contributed by atoms with Crippen molar-refractivity contribution in [3.05, 3.63) is 30.1 Å². The minimum absolute atomic E-state index is 0.00188. The molecule has 2 amide bonds. The van der Waals surface area contributed by atoms with Gasteiger partial charge in [0.1, 0.15) is 5.82 Å². The van der Waals surface area contributed by atoms with Crippen LogP contribution in [0.3, 0.4) is 0 Å². The number of ether oxygens (including phenoxy) is 1. The smallest absolute Gasteiger partial charge is 0.273 e. The van der Waals surface area contributed by atoms with Gasteiger partial charge in [0, 0.05) is 31.5 Å². The Morgan fingerprint density at radius 1 is 1.34 bits per heavy atom.